The molecule has 0 aliphatic heterocycles. The number of aromatic nitrogens is 2. The van der Waals surface area contributed by atoms with E-state index in [1.54, 1.807) is 14.0 Å². The maximum absolute atomic E-state index is 12.6. The summed E-state index contributed by atoms with van der Waals surface area (Å²) >= 11 is 0. The van der Waals surface area contributed by atoms with Crippen molar-refractivity contribution in [3.8, 4) is 17.1 Å². The first-order valence-electron chi connectivity index (χ1n) is 8.40. The van der Waals surface area contributed by atoms with Crippen molar-refractivity contribution in [3.63, 3.8) is 0 Å². The number of hydrogen-bond acceptors (Lipinski definition) is 5. The van der Waals surface area contributed by atoms with Crippen LogP contribution in [0.4, 0.5) is 0 Å². The van der Waals surface area contributed by atoms with E-state index in [0.717, 1.165) is 11.1 Å². The number of carbonyl (C=O) groups is 1. The minimum Gasteiger partial charge on any atom is -0.481 e. The summed E-state index contributed by atoms with van der Waals surface area (Å²) < 4.78 is 11.0. The van der Waals surface area contributed by atoms with Gasteiger partial charge in [0.15, 0.2) is 6.10 Å². The third-order valence-electron chi connectivity index (χ3n) is 3.99. The van der Waals surface area contributed by atoms with Crippen molar-refractivity contribution < 1.29 is 14.1 Å². The number of aryl methyl sites for hydroxylation is 1. The van der Waals surface area contributed by atoms with Gasteiger partial charge in [0.05, 0.1) is 6.54 Å². The molecule has 0 N–H and O–H groups in total. The minimum atomic E-state index is -0.613. The minimum absolute atomic E-state index is 0.160. The van der Waals surface area contributed by atoms with E-state index >= 15 is 0 Å². The van der Waals surface area contributed by atoms with Crippen molar-refractivity contribution in [2.45, 2.75) is 26.5 Å². The molecule has 1 aromatic heterocycles. The summed E-state index contributed by atoms with van der Waals surface area (Å²) in [6, 6.07) is 17.2. The molecule has 6 nitrogen and oxygen atoms in total. The summed E-state index contributed by atoms with van der Waals surface area (Å²) in [5, 5.41) is 3.97. The molecular formula is C20H21N3O3. The Balaban J connectivity index is 1.62. The van der Waals surface area contributed by atoms with Crippen LogP contribution in [0.3, 0.4) is 0 Å². The first-order chi connectivity index (χ1) is 12.5. The quantitative estimate of drug-likeness (QED) is 0.680. The van der Waals surface area contributed by atoms with E-state index in [4.69, 9.17) is 9.26 Å². The topological polar surface area (TPSA) is 68.5 Å². The van der Waals surface area contributed by atoms with E-state index in [1.807, 2.05) is 61.5 Å². The zero-order chi connectivity index (χ0) is 18.5. The normalized spacial score (nSPS) is 11.8. The molecule has 0 unspecified atom stereocenters. The largest absolute Gasteiger partial charge is 0.481 e. The smallest absolute Gasteiger partial charge is 0.263 e. The number of likely N-dealkylation sites (N-methyl/N-ethyl adjacent to an activating group) is 1. The lowest BCUT2D eigenvalue weighted by Crippen LogP contribution is -2.37. The number of ether oxygens (including phenoxy) is 1. The maximum Gasteiger partial charge on any atom is 0.263 e. The predicted octanol–water partition coefficient (Wildman–Crippen LogP) is 3.47. The molecule has 26 heavy (non-hydrogen) atoms. The van der Waals surface area contributed by atoms with Gasteiger partial charge in [-0.1, -0.05) is 53.7 Å². The van der Waals surface area contributed by atoms with Crippen LogP contribution in [0.5, 0.6) is 5.75 Å². The van der Waals surface area contributed by atoms with Crippen LogP contribution in [0.1, 0.15) is 18.4 Å². The Labute approximate surface area is 152 Å². The van der Waals surface area contributed by atoms with Gasteiger partial charge in [-0.25, -0.2) is 0 Å². The van der Waals surface area contributed by atoms with Crippen LogP contribution in [-0.2, 0) is 11.3 Å². The zero-order valence-corrected chi connectivity index (χ0v) is 15.0. The van der Waals surface area contributed by atoms with Gasteiger partial charge in [0, 0.05) is 12.6 Å². The summed E-state index contributed by atoms with van der Waals surface area (Å²) in [4.78, 5) is 18.4. The molecule has 0 saturated carbocycles. The number of carbonyl (C=O) groups excluding carboxylic acids is 1. The van der Waals surface area contributed by atoms with Crippen LogP contribution >= 0.6 is 0 Å². The van der Waals surface area contributed by atoms with Crippen molar-refractivity contribution in [1.82, 2.24) is 15.0 Å². The van der Waals surface area contributed by atoms with E-state index in [0.29, 0.717) is 17.5 Å². The van der Waals surface area contributed by atoms with Crippen molar-refractivity contribution in [2.24, 2.45) is 0 Å². The lowest BCUT2D eigenvalue weighted by molar-refractivity contribution is -0.137. The van der Waals surface area contributed by atoms with Gasteiger partial charge in [-0.05, 0) is 25.5 Å². The van der Waals surface area contributed by atoms with Crippen LogP contribution < -0.4 is 4.74 Å². The molecule has 0 bridgehead atoms. The average Bonchev–Trinajstić information content (AvgIpc) is 3.12. The molecule has 1 amide bonds. The fourth-order valence-electron chi connectivity index (χ4n) is 2.54. The summed E-state index contributed by atoms with van der Waals surface area (Å²) in [7, 11) is 1.69. The van der Waals surface area contributed by atoms with E-state index in [2.05, 4.69) is 10.1 Å². The summed E-state index contributed by atoms with van der Waals surface area (Å²) in [6.45, 7) is 3.90. The molecule has 0 aliphatic rings. The monoisotopic (exact) mass is 351 g/mol. The van der Waals surface area contributed by atoms with Gasteiger partial charge in [0.25, 0.3) is 5.91 Å². The van der Waals surface area contributed by atoms with E-state index in [9.17, 15) is 4.79 Å². The molecule has 0 saturated heterocycles. The highest BCUT2D eigenvalue weighted by Crippen LogP contribution is 2.19. The second kappa shape index (κ2) is 7.82. The maximum atomic E-state index is 12.6. The van der Waals surface area contributed by atoms with Gasteiger partial charge in [-0.3, -0.25) is 4.79 Å². The number of hydrogen-bond donors (Lipinski definition) is 0. The Morgan fingerprint density at radius 1 is 1.15 bits per heavy atom. The van der Waals surface area contributed by atoms with Crippen LogP contribution in [-0.4, -0.2) is 34.1 Å². The van der Waals surface area contributed by atoms with E-state index in [-0.39, 0.29) is 12.5 Å². The molecule has 134 valence electrons. The summed E-state index contributed by atoms with van der Waals surface area (Å²) in [6.07, 6.45) is -0.613. The van der Waals surface area contributed by atoms with E-state index in [1.165, 1.54) is 4.90 Å². The Hall–Kier alpha value is -3.15. The van der Waals surface area contributed by atoms with Gasteiger partial charge < -0.3 is 14.2 Å². The highest BCUT2D eigenvalue weighted by molar-refractivity contribution is 5.80. The van der Waals surface area contributed by atoms with Gasteiger partial charge in [-0.2, -0.15) is 4.98 Å². The van der Waals surface area contributed by atoms with Gasteiger partial charge in [0.1, 0.15) is 5.75 Å². The third-order valence-corrected chi connectivity index (χ3v) is 3.99. The second-order valence-electron chi connectivity index (χ2n) is 6.10. The summed E-state index contributed by atoms with van der Waals surface area (Å²) in [5.74, 6) is 1.42. The number of amides is 1. The molecule has 0 spiro atoms. The SMILES string of the molecule is Cc1ccccc1O[C@@H](C)C(=O)N(C)Cc1nc(-c2ccccc2)no1. The molecule has 3 aromatic rings. The van der Waals surface area contributed by atoms with Crippen molar-refractivity contribution in [1.29, 1.82) is 0 Å². The fraction of sp³-hybridized carbons (Fsp3) is 0.250. The molecule has 0 radical (unpaired) electrons. The Kier molecular flexibility index (Phi) is 5.31. The Morgan fingerprint density at radius 2 is 1.85 bits per heavy atom. The molecule has 3 rings (SSSR count). The van der Waals surface area contributed by atoms with Crippen molar-refractivity contribution >= 4 is 5.91 Å². The van der Waals surface area contributed by atoms with Gasteiger partial charge in [0.2, 0.25) is 11.7 Å². The first kappa shape index (κ1) is 17.7. The van der Waals surface area contributed by atoms with Crippen molar-refractivity contribution in [2.75, 3.05) is 7.05 Å². The molecule has 0 fully saturated rings. The van der Waals surface area contributed by atoms with Crippen LogP contribution in [0, 0.1) is 6.92 Å². The molecule has 0 aliphatic carbocycles. The molecule has 1 heterocycles. The van der Waals surface area contributed by atoms with E-state index < -0.39 is 6.10 Å². The summed E-state index contributed by atoms with van der Waals surface area (Å²) in [5.41, 5.74) is 1.85. The number of para-hydroxylation sites is 1. The lowest BCUT2D eigenvalue weighted by Gasteiger charge is -2.21. The lowest BCUT2D eigenvalue weighted by atomic mass is 10.2. The molecule has 2 aromatic carbocycles. The van der Waals surface area contributed by atoms with Gasteiger partial charge in [-0.15, -0.1) is 0 Å². The van der Waals surface area contributed by atoms with Gasteiger partial charge >= 0.3 is 0 Å². The first-order valence-corrected chi connectivity index (χ1v) is 8.40. The van der Waals surface area contributed by atoms with Crippen LogP contribution in [0.2, 0.25) is 0 Å². The standard InChI is InChI=1S/C20H21N3O3/c1-14-9-7-8-12-17(14)25-15(2)20(24)23(3)13-18-21-19(22-26-18)16-10-5-4-6-11-16/h4-12,15H,13H2,1-3H3/t15-/m0/s1. The highest BCUT2D eigenvalue weighted by atomic mass is 16.5. The molecular weight excluding hydrogens is 330 g/mol. The number of benzene rings is 2. The predicted molar refractivity (Wildman–Crippen MR) is 97.5 cm³/mol. The third kappa shape index (κ3) is 4.08. The average molecular weight is 351 g/mol. The molecule has 1 atom stereocenters. The fourth-order valence-corrected chi connectivity index (χ4v) is 2.54. The highest BCUT2D eigenvalue weighted by Gasteiger charge is 2.22. The van der Waals surface area contributed by atoms with Crippen LogP contribution in [0.15, 0.2) is 59.1 Å². The number of rotatable bonds is 6. The van der Waals surface area contributed by atoms with Crippen LogP contribution in [0.25, 0.3) is 11.4 Å². The molecule has 6 heteroatoms. The number of nitrogens with zero attached hydrogens (tertiary/aromatic N) is 3. The zero-order valence-electron chi connectivity index (χ0n) is 15.0. The van der Waals surface area contributed by atoms with Crippen molar-refractivity contribution in [3.05, 3.63) is 66.1 Å². The Bertz CT molecular complexity index is 877. The Morgan fingerprint density at radius 3 is 2.58 bits per heavy atom. The second-order valence-corrected chi connectivity index (χ2v) is 6.10.